The number of benzene rings is 1. The van der Waals surface area contributed by atoms with Crippen molar-refractivity contribution in [3.05, 3.63) is 34.5 Å². The van der Waals surface area contributed by atoms with E-state index >= 15 is 0 Å². The van der Waals surface area contributed by atoms with Crippen LogP contribution in [0.5, 0.6) is 5.75 Å². The number of nitrogens with zero attached hydrogens (tertiary/aromatic N) is 1. The van der Waals surface area contributed by atoms with Crippen molar-refractivity contribution in [3.8, 4) is 5.75 Å². The van der Waals surface area contributed by atoms with Crippen LogP contribution in [-0.2, 0) is 0 Å². The number of rotatable bonds is 2. The second-order valence-corrected chi connectivity index (χ2v) is 4.90. The normalized spacial score (nSPS) is 11.2. The summed E-state index contributed by atoms with van der Waals surface area (Å²) in [5.74, 6) is 1.12. The molecule has 1 heterocycles. The van der Waals surface area contributed by atoms with Gasteiger partial charge in [-0.3, -0.25) is 0 Å². The maximum atomic E-state index is 6.34. The zero-order valence-electron chi connectivity index (χ0n) is 10.5. The third kappa shape index (κ3) is 2.09. The van der Waals surface area contributed by atoms with Gasteiger partial charge in [-0.05, 0) is 30.5 Å². The Morgan fingerprint density at radius 2 is 2.00 bits per heavy atom. The molecule has 0 amide bonds. The van der Waals surface area contributed by atoms with E-state index in [4.69, 9.17) is 16.3 Å². The van der Waals surface area contributed by atoms with E-state index < -0.39 is 0 Å². The van der Waals surface area contributed by atoms with Gasteiger partial charge in [0.25, 0.3) is 0 Å². The lowest BCUT2D eigenvalue weighted by Gasteiger charge is -2.12. The van der Waals surface area contributed by atoms with E-state index in [1.807, 2.05) is 25.1 Å². The number of pyridine rings is 1. The van der Waals surface area contributed by atoms with Gasteiger partial charge in [0.1, 0.15) is 11.3 Å². The number of hydrogen-bond donors (Lipinski definition) is 0. The summed E-state index contributed by atoms with van der Waals surface area (Å²) in [5, 5.41) is 1.73. The second-order valence-electron chi connectivity index (χ2n) is 4.49. The fraction of sp³-hybridized carbons (Fsp3) is 0.357. The third-order valence-electron chi connectivity index (χ3n) is 2.92. The zero-order chi connectivity index (χ0) is 12.6. The SMILES string of the molecule is COc1ccc(C)c2c(Cl)cc(C(C)C)nc12. The van der Waals surface area contributed by atoms with Gasteiger partial charge in [0, 0.05) is 11.1 Å². The van der Waals surface area contributed by atoms with Gasteiger partial charge < -0.3 is 4.74 Å². The minimum absolute atomic E-state index is 0.349. The van der Waals surface area contributed by atoms with Gasteiger partial charge in [-0.25, -0.2) is 4.98 Å². The molecule has 2 aromatic rings. The van der Waals surface area contributed by atoms with Crippen molar-refractivity contribution < 1.29 is 4.74 Å². The summed E-state index contributed by atoms with van der Waals surface area (Å²) in [6.45, 7) is 6.24. The summed E-state index contributed by atoms with van der Waals surface area (Å²) in [6.07, 6.45) is 0. The molecule has 0 spiro atoms. The van der Waals surface area contributed by atoms with E-state index in [0.717, 1.165) is 32.9 Å². The molecule has 0 aliphatic heterocycles. The molecule has 17 heavy (non-hydrogen) atoms. The van der Waals surface area contributed by atoms with Crippen LogP contribution in [0.2, 0.25) is 5.02 Å². The molecule has 0 aliphatic carbocycles. The fourth-order valence-electron chi connectivity index (χ4n) is 1.91. The molecule has 0 fully saturated rings. The van der Waals surface area contributed by atoms with E-state index in [-0.39, 0.29) is 0 Å². The molecule has 0 N–H and O–H groups in total. The molecule has 0 saturated carbocycles. The van der Waals surface area contributed by atoms with Crippen LogP contribution >= 0.6 is 11.6 Å². The quantitative estimate of drug-likeness (QED) is 0.790. The third-order valence-corrected chi connectivity index (χ3v) is 3.21. The fourth-order valence-corrected chi connectivity index (χ4v) is 2.26. The van der Waals surface area contributed by atoms with E-state index in [1.54, 1.807) is 7.11 Å². The van der Waals surface area contributed by atoms with Crippen LogP contribution in [0.3, 0.4) is 0 Å². The van der Waals surface area contributed by atoms with Crippen molar-refractivity contribution in [2.24, 2.45) is 0 Å². The summed E-state index contributed by atoms with van der Waals surface area (Å²) in [4.78, 5) is 4.66. The van der Waals surface area contributed by atoms with E-state index in [1.165, 1.54) is 0 Å². The Bertz CT molecular complexity index is 564. The summed E-state index contributed by atoms with van der Waals surface area (Å²) in [6, 6.07) is 5.88. The highest BCUT2D eigenvalue weighted by Crippen LogP contribution is 2.33. The summed E-state index contributed by atoms with van der Waals surface area (Å²) < 4.78 is 5.35. The van der Waals surface area contributed by atoms with Crippen molar-refractivity contribution >= 4 is 22.5 Å². The lowest BCUT2D eigenvalue weighted by atomic mass is 10.0. The molecular weight excluding hydrogens is 234 g/mol. The van der Waals surface area contributed by atoms with Gasteiger partial charge in [-0.1, -0.05) is 31.5 Å². The molecular formula is C14H16ClNO. The first-order chi connectivity index (χ1) is 8.04. The molecule has 1 aromatic heterocycles. The summed E-state index contributed by atoms with van der Waals surface area (Å²) >= 11 is 6.34. The van der Waals surface area contributed by atoms with E-state index in [9.17, 15) is 0 Å². The standard InChI is InChI=1S/C14H16ClNO/c1-8(2)11-7-10(15)13-9(3)5-6-12(17-4)14(13)16-11/h5-8H,1-4H3. The second kappa shape index (κ2) is 4.53. The van der Waals surface area contributed by atoms with Gasteiger partial charge in [-0.2, -0.15) is 0 Å². The van der Waals surface area contributed by atoms with E-state index in [2.05, 4.69) is 18.8 Å². The number of fused-ring (bicyclic) bond motifs is 1. The van der Waals surface area contributed by atoms with Crippen molar-refractivity contribution in [2.45, 2.75) is 26.7 Å². The molecule has 1 aromatic carbocycles. The van der Waals surface area contributed by atoms with Gasteiger partial charge in [0.15, 0.2) is 0 Å². The predicted molar refractivity (Wildman–Crippen MR) is 72.1 cm³/mol. The minimum Gasteiger partial charge on any atom is -0.494 e. The maximum absolute atomic E-state index is 6.34. The Balaban J connectivity index is 2.85. The van der Waals surface area contributed by atoms with Crippen LogP contribution in [0.15, 0.2) is 18.2 Å². The van der Waals surface area contributed by atoms with Crippen LogP contribution in [-0.4, -0.2) is 12.1 Å². The van der Waals surface area contributed by atoms with E-state index in [0.29, 0.717) is 5.92 Å². The van der Waals surface area contributed by atoms with Gasteiger partial charge in [0.2, 0.25) is 0 Å². The molecule has 2 nitrogen and oxygen atoms in total. The topological polar surface area (TPSA) is 22.1 Å². The maximum Gasteiger partial charge on any atom is 0.145 e. The first-order valence-electron chi connectivity index (χ1n) is 5.68. The van der Waals surface area contributed by atoms with Crippen molar-refractivity contribution in [3.63, 3.8) is 0 Å². The Morgan fingerprint density at radius 1 is 1.29 bits per heavy atom. The van der Waals surface area contributed by atoms with Gasteiger partial charge in [-0.15, -0.1) is 0 Å². The number of ether oxygens (including phenoxy) is 1. The number of hydrogen-bond acceptors (Lipinski definition) is 2. The van der Waals surface area contributed by atoms with Gasteiger partial charge in [0.05, 0.1) is 12.1 Å². The Morgan fingerprint density at radius 3 is 2.59 bits per heavy atom. The number of aromatic nitrogens is 1. The molecule has 90 valence electrons. The van der Waals surface area contributed by atoms with Crippen molar-refractivity contribution in [2.75, 3.05) is 7.11 Å². The number of halogens is 1. The largest absolute Gasteiger partial charge is 0.494 e. The first-order valence-corrected chi connectivity index (χ1v) is 6.06. The van der Waals surface area contributed by atoms with Gasteiger partial charge >= 0.3 is 0 Å². The highest BCUT2D eigenvalue weighted by Gasteiger charge is 2.12. The lowest BCUT2D eigenvalue weighted by molar-refractivity contribution is 0.418. The Kier molecular flexibility index (Phi) is 3.25. The average Bonchev–Trinajstić information content (AvgIpc) is 2.28. The number of aryl methyl sites for hydroxylation is 1. The van der Waals surface area contributed by atoms with Crippen molar-refractivity contribution in [1.29, 1.82) is 0 Å². The van der Waals surface area contributed by atoms with Crippen LogP contribution < -0.4 is 4.74 Å². The molecule has 0 unspecified atom stereocenters. The summed E-state index contributed by atoms with van der Waals surface area (Å²) in [7, 11) is 1.65. The molecule has 0 saturated heterocycles. The molecule has 0 bridgehead atoms. The highest BCUT2D eigenvalue weighted by atomic mass is 35.5. The molecule has 0 atom stereocenters. The minimum atomic E-state index is 0.349. The van der Waals surface area contributed by atoms with Crippen LogP contribution in [0.1, 0.15) is 31.0 Å². The van der Waals surface area contributed by atoms with Crippen molar-refractivity contribution in [1.82, 2.24) is 4.98 Å². The summed E-state index contributed by atoms with van der Waals surface area (Å²) in [5.41, 5.74) is 2.96. The average molecular weight is 250 g/mol. The molecule has 3 heteroatoms. The van der Waals surface area contributed by atoms with Crippen LogP contribution in [0, 0.1) is 6.92 Å². The molecule has 2 rings (SSSR count). The zero-order valence-corrected chi connectivity index (χ0v) is 11.3. The predicted octanol–water partition coefficient (Wildman–Crippen LogP) is 4.33. The molecule has 0 aliphatic rings. The number of methoxy groups -OCH3 is 1. The lowest BCUT2D eigenvalue weighted by Crippen LogP contribution is -1.97. The van der Waals surface area contributed by atoms with Crippen LogP contribution in [0.4, 0.5) is 0 Å². The molecule has 0 radical (unpaired) electrons. The first kappa shape index (κ1) is 12.2. The Labute approximate surface area is 107 Å². The van der Waals surface area contributed by atoms with Crippen LogP contribution in [0.25, 0.3) is 10.9 Å². The Hall–Kier alpha value is -1.28. The smallest absolute Gasteiger partial charge is 0.145 e. The highest BCUT2D eigenvalue weighted by molar-refractivity contribution is 6.35. The monoisotopic (exact) mass is 249 g/mol.